The lowest BCUT2D eigenvalue weighted by Crippen LogP contribution is -2.15. The third-order valence-electron chi connectivity index (χ3n) is 3.44. The van der Waals surface area contributed by atoms with Gasteiger partial charge in [-0.05, 0) is 31.1 Å². The lowest BCUT2D eigenvalue weighted by atomic mass is 9.90. The maximum absolute atomic E-state index is 10.5. The predicted molar refractivity (Wildman–Crippen MR) is 44.1 cm³/mol. The maximum atomic E-state index is 10.5. The molecule has 0 aliphatic heterocycles. The number of aldehydes is 1. The molecule has 0 aromatic rings. The molecular weight excluding hydrogens is 140 g/mol. The Morgan fingerprint density at radius 2 is 2.00 bits per heavy atom. The van der Waals surface area contributed by atoms with Gasteiger partial charge in [-0.2, -0.15) is 0 Å². The van der Waals surface area contributed by atoms with Gasteiger partial charge in [-0.15, -0.1) is 0 Å². The smallest absolute Gasteiger partial charge is 0.123 e. The summed E-state index contributed by atoms with van der Waals surface area (Å²) in [5.41, 5.74) is 1.04. The van der Waals surface area contributed by atoms with E-state index >= 15 is 0 Å². The van der Waals surface area contributed by atoms with E-state index in [1.54, 1.807) is 0 Å². The van der Waals surface area contributed by atoms with Crippen molar-refractivity contribution in [2.75, 3.05) is 0 Å². The first-order chi connectivity index (χ1) is 4.81. The largest absolute Gasteiger partial charge is 0.303 e. The number of hydrogen-bond donors (Lipinski definition) is 0. The summed E-state index contributed by atoms with van der Waals surface area (Å²) in [7, 11) is 1.35. The molecule has 10 heavy (non-hydrogen) atoms. The highest BCUT2D eigenvalue weighted by molar-refractivity contribution is 6.12. The lowest BCUT2D eigenvalue weighted by Gasteiger charge is -2.20. The Bertz CT molecular complexity index is 155. The van der Waals surface area contributed by atoms with Gasteiger partial charge in [0.05, 0.1) is 0 Å². The quantitative estimate of drug-likeness (QED) is 0.394. The predicted octanol–water partition coefficient (Wildman–Crippen LogP) is 0.385. The molecular formula is C8H14OSi. The fourth-order valence-electron chi connectivity index (χ4n) is 2.77. The SMILES string of the molecule is O=CC1CC2CC1CC2[SiH3]. The van der Waals surface area contributed by atoms with Crippen molar-refractivity contribution in [3.63, 3.8) is 0 Å². The summed E-state index contributed by atoms with van der Waals surface area (Å²) in [6, 6.07) is 0. The summed E-state index contributed by atoms with van der Waals surface area (Å²) in [5, 5.41) is 0. The van der Waals surface area contributed by atoms with Crippen LogP contribution in [0, 0.1) is 17.8 Å². The van der Waals surface area contributed by atoms with Gasteiger partial charge in [0.25, 0.3) is 0 Å². The molecule has 0 radical (unpaired) electrons. The second-order valence-corrected chi connectivity index (χ2v) is 5.49. The van der Waals surface area contributed by atoms with Gasteiger partial charge in [0.2, 0.25) is 0 Å². The molecule has 0 N–H and O–H groups in total. The number of fused-ring (bicyclic) bond motifs is 2. The zero-order valence-corrected chi connectivity index (χ0v) is 8.42. The van der Waals surface area contributed by atoms with E-state index in [0.717, 1.165) is 17.4 Å². The zero-order chi connectivity index (χ0) is 7.14. The van der Waals surface area contributed by atoms with Crippen LogP contribution in [0.5, 0.6) is 0 Å². The number of carbonyl (C=O) groups is 1. The first-order valence-electron chi connectivity index (χ1n) is 4.26. The van der Waals surface area contributed by atoms with E-state index in [1.165, 1.54) is 35.8 Å². The maximum Gasteiger partial charge on any atom is 0.123 e. The van der Waals surface area contributed by atoms with Crippen LogP contribution in [-0.4, -0.2) is 16.5 Å². The van der Waals surface area contributed by atoms with Crippen molar-refractivity contribution in [2.45, 2.75) is 24.8 Å². The minimum absolute atomic E-state index is 0.454. The summed E-state index contributed by atoms with van der Waals surface area (Å²) in [4.78, 5) is 10.5. The number of carbonyl (C=O) groups excluding carboxylic acids is 1. The van der Waals surface area contributed by atoms with Gasteiger partial charge in [0, 0.05) is 16.2 Å². The molecule has 0 heterocycles. The van der Waals surface area contributed by atoms with Crippen LogP contribution in [0.25, 0.3) is 0 Å². The van der Waals surface area contributed by atoms with E-state index in [1.807, 2.05) is 0 Å². The molecule has 0 aromatic heterocycles. The monoisotopic (exact) mass is 154 g/mol. The van der Waals surface area contributed by atoms with Crippen molar-refractivity contribution in [3.05, 3.63) is 0 Å². The van der Waals surface area contributed by atoms with E-state index in [4.69, 9.17) is 0 Å². The van der Waals surface area contributed by atoms with Crippen molar-refractivity contribution in [2.24, 2.45) is 17.8 Å². The molecule has 0 amide bonds. The molecule has 2 aliphatic carbocycles. The second-order valence-electron chi connectivity index (χ2n) is 4.00. The van der Waals surface area contributed by atoms with Crippen molar-refractivity contribution in [3.8, 4) is 0 Å². The van der Waals surface area contributed by atoms with Crippen molar-refractivity contribution < 1.29 is 4.79 Å². The Balaban J connectivity index is 2.08. The van der Waals surface area contributed by atoms with Gasteiger partial charge < -0.3 is 4.79 Å². The fraction of sp³-hybridized carbons (Fsp3) is 0.875. The van der Waals surface area contributed by atoms with Gasteiger partial charge in [-0.1, -0.05) is 5.54 Å². The Morgan fingerprint density at radius 1 is 1.20 bits per heavy atom. The van der Waals surface area contributed by atoms with Gasteiger partial charge in [-0.3, -0.25) is 0 Å². The highest BCUT2D eigenvalue weighted by Gasteiger charge is 2.43. The molecule has 56 valence electrons. The number of rotatable bonds is 1. The molecule has 4 unspecified atom stereocenters. The van der Waals surface area contributed by atoms with Gasteiger partial charge in [0.15, 0.2) is 0 Å². The molecule has 2 saturated carbocycles. The summed E-state index contributed by atoms with van der Waals surface area (Å²) < 4.78 is 0. The van der Waals surface area contributed by atoms with E-state index < -0.39 is 0 Å². The highest BCUT2D eigenvalue weighted by Crippen LogP contribution is 2.52. The molecule has 4 atom stereocenters. The Hall–Kier alpha value is -0.113. The standard InChI is InChI=1S/C8H14OSi/c9-4-7-2-6-1-5(7)3-8(6)10/h4-8H,1-3H2,10H3. The molecule has 2 fully saturated rings. The molecule has 2 aliphatic rings. The third-order valence-corrected chi connectivity index (χ3v) is 4.85. The minimum Gasteiger partial charge on any atom is -0.303 e. The normalized spacial score (nSPS) is 52.0. The van der Waals surface area contributed by atoms with E-state index in [9.17, 15) is 4.79 Å². The second kappa shape index (κ2) is 2.19. The van der Waals surface area contributed by atoms with Crippen molar-refractivity contribution in [1.82, 2.24) is 0 Å². The van der Waals surface area contributed by atoms with Crippen molar-refractivity contribution >= 4 is 16.5 Å². The molecule has 0 spiro atoms. The summed E-state index contributed by atoms with van der Waals surface area (Å²) >= 11 is 0. The summed E-state index contributed by atoms with van der Waals surface area (Å²) in [6.07, 6.45) is 5.16. The van der Waals surface area contributed by atoms with Crippen LogP contribution < -0.4 is 0 Å². The molecule has 1 nitrogen and oxygen atoms in total. The average molecular weight is 154 g/mol. The summed E-state index contributed by atoms with van der Waals surface area (Å²) in [5.74, 6) is 2.20. The van der Waals surface area contributed by atoms with Gasteiger partial charge >= 0.3 is 0 Å². The van der Waals surface area contributed by atoms with Gasteiger partial charge in [0.1, 0.15) is 6.29 Å². The Labute approximate surface area is 64.6 Å². The zero-order valence-electron chi connectivity index (χ0n) is 6.42. The lowest BCUT2D eigenvalue weighted by molar-refractivity contribution is -0.112. The van der Waals surface area contributed by atoms with Crippen LogP contribution in [0.1, 0.15) is 19.3 Å². The van der Waals surface area contributed by atoms with Crippen LogP contribution >= 0.6 is 0 Å². The van der Waals surface area contributed by atoms with Crippen LogP contribution in [-0.2, 0) is 4.79 Å². The molecule has 2 heteroatoms. The molecule has 2 bridgehead atoms. The fourth-order valence-corrected chi connectivity index (χ4v) is 3.92. The minimum atomic E-state index is 0.454. The van der Waals surface area contributed by atoms with E-state index in [2.05, 4.69) is 0 Å². The van der Waals surface area contributed by atoms with Crippen LogP contribution in [0.15, 0.2) is 0 Å². The Morgan fingerprint density at radius 3 is 2.40 bits per heavy atom. The van der Waals surface area contributed by atoms with Crippen LogP contribution in [0.2, 0.25) is 5.54 Å². The van der Waals surface area contributed by atoms with Crippen LogP contribution in [0.4, 0.5) is 0 Å². The van der Waals surface area contributed by atoms with E-state index in [0.29, 0.717) is 5.92 Å². The summed E-state index contributed by atoms with van der Waals surface area (Å²) in [6.45, 7) is 0. The Kier molecular flexibility index (Phi) is 1.44. The molecule has 0 aromatic carbocycles. The molecule has 2 rings (SSSR count). The highest BCUT2D eigenvalue weighted by atomic mass is 28.1. The van der Waals surface area contributed by atoms with Crippen LogP contribution in [0.3, 0.4) is 0 Å². The van der Waals surface area contributed by atoms with E-state index in [-0.39, 0.29) is 0 Å². The third kappa shape index (κ3) is 0.781. The van der Waals surface area contributed by atoms with Crippen molar-refractivity contribution in [1.29, 1.82) is 0 Å². The first-order valence-corrected chi connectivity index (χ1v) is 5.42. The topological polar surface area (TPSA) is 17.1 Å². The number of hydrogen-bond acceptors (Lipinski definition) is 1. The first kappa shape index (κ1) is 6.59. The molecule has 0 saturated heterocycles. The van der Waals surface area contributed by atoms with Gasteiger partial charge in [-0.25, -0.2) is 0 Å². The average Bonchev–Trinajstić information content (AvgIpc) is 2.44.